The summed E-state index contributed by atoms with van der Waals surface area (Å²) in [6, 6.07) is 8.63. The van der Waals surface area contributed by atoms with Gasteiger partial charge >= 0.3 is 0 Å². The molecule has 10 rings (SSSR count). The normalized spacial score (nSPS) is 14.4. The number of halogens is 1. The molecule has 2 aliphatic rings. The Labute approximate surface area is 396 Å². The Morgan fingerprint density at radius 1 is 0.765 bits per heavy atom. The van der Waals surface area contributed by atoms with Crippen LogP contribution in [0.4, 0.5) is 27.3 Å². The summed E-state index contributed by atoms with van der Waals surface area (Å²) in [7, 11) is 3.76. The second-order valence-electron chi connectivity index (χ2n) is 17.5. The molecular weight excluding hydrogens is 862 g/mol. The maximum atomic E-state index is 15.3. The van der Waals surface area contributed by atoms with E-state index < -0.39 is 11.7 Å². The van der Waals surface area contributed by atoms with Crippen LogP contribution in [0.5, 0.6) is 0 Å². The zero-order chi connectivity index (χ0) is 48.8. The third-order valence-corrected chi connectivity index (χ3v) is 12.3. The van der Waals surface area contributed by atoms with Crippen molar-refractivity contribution < 1.29 is 14.0 Å². The smallest absolute Gasteiger partial charge is 0.262 e. The van der Waals surface area contributed by atoms with E-state index in [1.54, 1.807) is 22.3 Å². The molecule has 18 heteroatoms. The van der Waals surface area contributed by atoms with E-state index in [1.165, 1.54) is 35.5 Å². The Morgan fingerprint density at radius 3 is 2.03 bits per heavy atom. The number of carbonyl (C=O) groups excluding carboxylic acids is 2. The van der Waals surface area contributed by atoms with Gasteiger partial charge in [-0.05, 0) is 90.6 Å². The van der Waals surface area contributed by atoms with E-state index >= 15 is 4.39 Å². The highest BCUT2D eigenvalue weighted by Gasteiger charge is 2.26. The molecule has 360 valence electrons. The second-order valence-corrected chi connectivity index (χ2v) is 17.5. The molecule has 0 radical (unpaired) electrons. The van der Waals surface area contributed by atoms with Crippen LogP contribution in [0.3, 0.4) is 0 Å². The first-order chi connectivity index (χ1) is 32.7. The van der Waals surface area contributed by atoms with E-state index in [-0.39, 0.29) is 11.6 Å². The summed E-state index contributed by atoms with van der Waals surface area (Å²) in [5, 5.41) is 19.9. The number of fused-ring (bicyclic) bond motifs is 4. The molecule has 6 aromatic heterocycles. The molecule has 2 saturated heterocycles. The number of nitrogens with one attached hydrogen (secondary N) is 3. The molecule has 68 heavy (non-hydrogen) atoms. The molecule has 8 aromatic rings. The Hall–Kier alpha value is -6.92. The predicted octanol–water partition coefficient (Wildman–Crippen LogP) is 7.56. The summed E-state index contributed by atoms with van der Waals surface area (Å²) >= 11 is 0. The van der Waals surface area contributed by atoms with Crippen molar-refractivity contribution in [1.82, 2.24) is 48.6 Å². The van der Waals surface area contributed by atoms with Crippen LogP contribution in [-0.2, 0) is 18.9 Å². The maximum absolute atomic E-state index is 15.3. The molecule has 2 aromatic carbocycles. The summed E-state index contributed by atoms with van der Waals surface area (Å²) in [4.78, 5) is 41.2. The second kappa shape index (κ2) is 21.4. The number of nitrogens with zero attached hydrogens (tertiary/aromatic N) is 11. The van der Waals surface area contributed by atoms with E-state index in [0.29, 0.717) is 29.4 Å². The Kier molecular flexibility index (Phi) is 15.4. The highest BCUT2D eigenvalue weighted by molar-refractivity contribution is 6.14. The molecule has 0 bridgehead atoms. The number of aromatic nitrogens is 9. The Morgan fingerprint density at radius 2 is 1.37 bits per heavy atom. The number of amides is 2. The number of nitrogens with two attached hydrogens (primary N) is 1. The number of hydrogen-bond donors (Lipinski definition) is 4. The number of anilines is 4. The zero-order valence-corrected chi connectivity index (χ0v) is 41.1. The molecule has 5 N–H and O–H groups in total. The van der Waals surface area contributed by atoms with Crippen molar-refractivity contribution >= 4 is 68.2 Å². The maximum Gasteiger partial charge on any atom is 0.262 e. The van der Waals surface area contributed by atoms with E-state index in [9.17, 15) is 9.59 Å². The summed E-state index contributed by atoms with van der Waals surface area (Å²) in [5.74, 6) is -0.886. The monoisotopic (exact) mass is 928 g/mol. The number of carbonyl (C=O) groups is 2. The van der Waals surface area contributed by atoms with Gasteiger partial charge in [0.25, 0.3) is 5.91 Å². The number of piperidine rings is 2. The van der Waals surface area contributed by atoms with Gasteiger partial charge in [0.1, 0.15) is 16.9 Å². The van der Waals surface area contributed by atoms with Crippen LogP contribution in [0.25, 0.3) is 33.0 Å². The molecular formula is C50H66FN15O2. The SMILES string of the molecule is CC.CCNC1CCN(c2ccc(C)c3nn(C)cc23)CC1.Cc1cn2cc(NC(=O)c3c(F)cc(N4CCC(N)CC4)c4cn(C)nc34)nc2c(C)n1.Cc1cn2cc(NC=O)cc2c(C)n1. The first-order valence-corrected chi connectivity index (χ1v) is 23.6. The lowest BCUT2D eigenvalue weighted by Gasteiger charge is -2.34. The van der Waals surface area contributed by atoms with Crippen LogP contribution in [0, 0.1) is 40.4 Å². The molecule has 0 saturated carbocycles. The average molecular weight is 928 g/mol. The van der Waals surface area contributed by atoms with Gasteiger partial charge in [-0.1, -0.05) is 26.8 Å². The van der Waals surface area contributed by atoms with E-state index in [4.69, 9.17) is 5.73 Å². The molecule has 0 aliphatic carbocycles. The molecule has 0 atom stereocenters. The van der Waals surface area contributed by atoms with E-state index in [2.05, 4.69) is 83.1 Å². The summed E-state index contributed by atoms with van der Waals surface area (Å²) in [6.07, 6.45) is 16.1. The lowest BCUT2D eigenvalue weighted by atomic mass is 10.0. The standard InChI is InChI=1S/C22H25FN8O.C16H24N4.C10H11N3O.C2H6/c1-12-9-31-11-18(26-21(31)13(2)25-12)27-22(32)19-16(23)8-17(15-10-29(3)28-20(15)19)30-6-4-14(24)5-7-30;1-4-17-13-7-9-20(10-8-13)15-6-5-12(2)16-14(15)11-19(3)18-16;1-7-4-13-5-9(11-6-14)3-10(13)8(2)12-7;1-2/h8-11,14H,4-7,24H2,1-3H3,(H,27,32);5-6,11,13,17H,4,7-10H2,1-3H3;3-6H,1-2H3,(H,11,14);1-2H3. The Bertz CT molecular complexity index is 3040. The highest BCUT2D eigenvalue weighted by atomic mass is 19.1. The largest absolute Gasteiger partial charge is 0.371 e. The first kappa shape index (κ1) is 49.0. The number of benzene rings is 2. The van der Waals surface area contributed by atoms with Crippen molar-refractivity contribution in [3.05, 3.63) is 101 Å². The molecule has 0 unspecified atom stereocenters. The van der Waals surface area contributed by atoms with Crippen LogP contribution in [-0.4, -0.2) is 100 Å². The third kappa shape index (κ3) is 10.8. The van der Waals surface area contributed by atoms with Gasteiger partial charge in [-0.15, -0.1) is 0 Å². The minimum Gasteiger partial charge on any atom is -0.371 e. The molecule has 17 nitrogen and oxygen atoms in total. The van der Waals surface area contributed by atoms with Crippen molar-refractivity contribution in [2.75, 3.05) is 53.2 Å². The third-order valence-electron chi connectivity index (χ3n) is 12.3. The first-order valence-electron chi connectivity index (χ1n) is 23.6. The van der Waals surface area contributed by atoms with E-state index in [1.807, 2.05) is 88.5 Å². The highest BCUT2D eigenvalue weighted by Crippen LogP contribution is 2.34. The van der Waals surface area contributed by atoms with Crippen molar-refractivity contribution in [2.24, 2.45) is 19.8 Å². The zero-order valence-electron chi connectivity index (χ0n) is 41.1. The van der Waals surface area contributed by atoms with Crippen LogP contribution >= 0.6 is 0 Å². The summed E-state index contributed by atoms with van der Waals surface area (Å²) in [5.41, 5.74) is 16.7. The topological polar surface area (TPSA) is 186 Å². The van der Waals surface area contributed by atoms with Gasteiger partial charge in [0.15, 0.2) is 11.5 Å². The molecule has 8 heterocycles. The van der Waals surface area contributed by atoms with Crippen LogP contribution in [0.2, 0.25) is 0 Å². The van der Waals surface area contributed by atoms with Gasteiger partial charge in [-0.3, -0.25) is 28.9 Å². The van der Waals surface area contributed by atoms with Gasteiger partial charge in [-0.25, -0.2) is 9.37 Å². The van der Waals surface area contributed by atoms with Crippen molar-refractivity contribution in [3.63, 3.8) is 0 Å². The van der Waals surface area contributed by atoms with Crippen LogP contribution in [0.1, 0.15) is 85.2 Å². The summed E-state index contributed by atoms with van der Waals surface area (Å²) < 4.78 is 22.6. The van der Waals surface area contributed by atoms with Gasteiger partial charge in [0.05, 0.1) is 51.4 Å². The number of hydrogen-bond acceptors (Lipinski definition) is 11. The van der Waals surface area contributed by atoms with Crippen LogP contribution < -0.4 is 31.5 Å². The quantitative estimate of drug-likeness (QED) is 0.110. The fourth-order valence-corrected chi connectivity index (χ4v) is 9.21. The molecule has 2 fully saturated rings. The fraction of sp³-hybridized carbons (Fsp3) is 0.420. The van der Waals surface area contributed by atoms with Gasteiger partial charge in [0.2, 0.25) is 6.41 Å². The summed E-state index contributed by atoms with van der Waals surface area (Å²) in [6.45, 7) is 20.8. The number of rotatable bonds is 8. The van der Waals surface area contributed by atoms with Crippen molar-refractivity contribution in [3.8, 4) is 0 Å². The minimum atomic E-state index is -0.615. The van der Waals surface area contributed by atoms with Crippen molar-refractivity contribution in [2.45, 2.75) is 93.2 Å². The van der Waals surface area contributed by atoms with Crippen molar-refractivity contribution in [1.29, 1.82) is 0 Å². The molecule has 2 amide bonds. The number of imidazole rings is 1. The van der Waals surface area contributed by atoms with Gasteiger partial charge in [-0.2, -0.15) is 10.2 Å². The predicted molar refractivity (Wildman–Crippen MR) is 271 cm³/mol. The Balaban J connectivity index is 0.000000162. The van der Waals surface area contributed by atoms with Gasteiger partial charge in [0, 0.05) is 99.8 Å². The fourth-order valence-electron chi connectivity index (χ4n) is 9.21. The lowest BCUT2D eigenvalue weighted by Crippen LogP contribution is -2.42. The average Bonchev–Trinajstić information content (AvgIpc) is 4.10. The minimum absolute atomic E-state index is 0.0962. The van der Waals surface area contributed by atoms with E-state index in [0.717, 1.165) is 96.1 Å². The lowest BCUT2D eigenvalue weighted by molar-refractivity contribution is -0.105. The van der Waals surface area contributed by atoms with Gasteiger partial charge < -0.3 is 40.3 Å². The molecule has 2 aliphatic heterocycles. The molecule has 0 spiro atoms. The van der Waals surface area contributed by atoms with Crippen LogP contribution in [0.15, 0.2) is 61.4 Å². The number of aryl methyl sites for hydroxylation is 7.